The topological polar surface area (TPSA) is 91.2 Å². The summed E-state index contributed by atoms with van der Waals surface area (Å²) >= 11 is 0. The van der Waals surface area contributed by atoms with Crippen molar-refractivity contribution in [1.29, 1.82) is 0 Å². The largest absolute Gasteiger partial charge is 0.507 e. The summed E-state index contributed by atoms with van der Waals surface area (Å²) in [6.07, 6.45) is 1.64. The molecule has 1 amide bonds. The lowest BCUT2D eigenvalue weighted by Gasteiger charge is -2.32. The molecule has 0 bridgehead atoms. The molecule has 1 atom stereocenters. The summed E-state index contributed by atoms with van der Waals surface area (Å²) in [4.78, 5) is 27.0. The molecule has 0 radical (unpaired) electrons. The molecule has 1 unspecified atom stereocenters. The van der Waals surface area contributed by atoms with E-state index in [1.165, 1.54) is 0 Å². The van der Waals surface area contributed by atoms with E-state index >= 15 is 0 Å². The van der Waals surface area contributed by atoms with Crippen LogP contribution >= 0.6 is 0 Å². The second-order valence-corrected chi connectivity index (χ2v) is 7.17. The number of phenols is 1. The van der Waals surface area contributed by atoms with E-state index in [0.717, 1.165) is 24.1 Å². The molecule has 7 heteroatoms. The van der Waals surface area contributed by atoms with Gasteiger partial charge >= 0.3 is 5.69 Å². The van der Waals surface area contributed by atoms with E-state index in [0.29, 0.717) is 24.5 Å². The number of aromatic nitrogens is 3. The molecule has 2 N–H and O–H groups in total. The minimum absolute atomic E-state index is 0.0151. The number of rotatable bonds is 3. The summed E-state index contributed by atoms with van der Waals surface area (Å²) in [5.41, 5.74) is 1.68. The van der Waals surface area contributed by atoms with Gasteiger partial charge in [-0.25, -0.2) is 14.5 Å². The first-order valence-electron chi connectivity index (χ1n) is 9.36. The summed E-state index contributed by atoms with van der Waals surface area (Å²) in [5.74, 6) is 0.347. The number of phenolic OH excluding ortho intramolecular Hbond substituents is 1. The van der Waals surface area contributed by atoms with Gasteiger partial charge in [0.2, 0.25) is 0 Å². The monoisotopic (exact) mass is 378 g/mol. The molecule has 144 valence electrons. The fraction of sp³-hybridized carbons (Fsp3) is 0.286. The van der Waals surface area contributed by atoms with E-state index < -0.39 is 0 Å². The summed E-state index contributed by atoms with van der Waals surface area (Å²) in [5, 5.41) is 16.9. The van der Waals surface area contributed by atoms with Gasteiger partial charge in [0.15, 0.2) is 0 Å². The molecule has 1 aromatic heterocycles. The van der Waals surface area contributed by atoms with Crippen LogP contribution in [0.4, 0.5) is 0 Å². The van der Waals surface area contributed by atoms with E-state index in [1.807, 2.05) is 37.3 Å². The van der Waals surface area contributed by atoms with Crippen LogP contribution in [0.1, 0.15) is 40.5 Å². The smallest absolute Gasteiger partial charge is 0.347 e. The molecule has 0 aliphatic carbocycles. The number of amides is 1. The molecule has 7 nitrogen and oxygen atoms in total. The molecule has 28 heavy (non-hydrogen) atoms. The van der Waals surface area contributed by atoms with Gasteiger partial charge in [-0.3, -0.25) is 4.79 Å². The van der Waals surface area contributed by atoms with Crippen LogP contribution < -0.4 is 5.69 Å². The highest BCUT2D eigenvalue weighted by molar-refractivity contribution is 5.97. The lowest BCUT2D eigenvalue weighted by Crippen LogP contribution is -2.40. The van der Waals surface area contributed by atoms with Gasteiger partial charge in [-0.1, -0.05) is 29.8 Å². The first-order chi connectivity index (χ1) is 13.5. The Morgan fingerprint density at radius 2 is 2.00 bits per heavy atom. The molecule has 3 aromatic rings. The molecule has 4 rings (SSSR count). The highest BCUT2D eigenvalue weighted by atomic mass is 16.3. The molecule has 1 fully saturated rings. The van der Waals surface area contributed by atoms with E-state index in [-0.39, 0.29) is 23.3 Å². The second-order valence-electron chi connectivity index (χ2n) is 7.17. The third kappa shape index (κ3) is 3.31. The Morgan fingerprint density at radius 1 is 1.21 bits per heavy atom. The van der Waals surface area contributed by atoms with Crippen LogP contribution in [0.2, 0.25) is 0 Å². The fourth-order valence-corrected chi connectivity index (χ4v) is 3.77. The highest BCUT2D eigenvalue weighted by Crippen LogP contribution is 2.29. The zero-order valence-electron chi connectivity index (χ0n) is 15.6. The number of nitrogens with one attached hydrogen (secondary N) is 1. The number of carbonyl (C=O) groups is 1. The number of hydrogen-bond acceptors (Lipinski definition) is 4. The van der Waals surface area contributed by atoms with Gasteiger partial charge in [-0.15, -0.1) is 0 Å². The Bertz CT molecular complexity index is 1060. The lowest BCUT2D eigenvalue weighted by atomic mass is 9.96. The number of likely N-dealkylation sites (tertiary alicyclic amines) is 1. The van der Waals surface area contributed by atoms with Crippen molar-refractivity contribution in [3.05, 3.63) is 76.0 Å². The number of benzene rings is 2. The number of aryl methyl sites for hydroxylation is 1. The third-order valence-corrected chi connectivity index (χ3v) is 5.17. The van der Waals surface area contributed by atoms with Gasteiger partial charge < -0.3 is 10.0 Å². The van der Waals surface area contributed by atoms with Crippen LogP contribution in [-0.4, -0.2) is 43.8 Å². The summed E-state index contributed by atoms with van der Waals surface area (Å²) in [6, 6.07) is 14.4. The maximum atomic E-state index is 13.0. The van der Waals surface area contributed by atoms with Gasteiger partial charge in [0, 0.05) is 19.0 Å². The van der Waals surface area contributed by atoms with Crippen molar-refractivity contribution >= 4 is 5.91 Å². The Kier molecular flexibility index (Phi) is 4.73. The second kappa shape index (κ2) is 7.34. The standard InChI is InChI=1S/C21H22N4O3/c1-14-9-10-18(26)17(12-14)20(27)24-11-5-6-15(13-24)19-22-23-21(28)25(19)16-7-3-2-4-8-16/h2-4,7-10,12,15,26H,5-6,11,13H2,1H3,(H,23,28). The van der Waals surface area contributed by atoms with Crippen molar-refractivity contribution in [2.75, 3.05) is 13.1 Å². The Balaban J connectivity index is 1.63. The first kappa shape index (κ1) is 18.0. The van der Waals surface area contributed by atoms with Crippen LogP contribution in [0.5, 0.6) is 5.75 Å². The number of aromatic amines is 1. The first-order valence-corrected chi connectivity index (χ1v) is 9.36. The Labute approximate surface area is 162 Å². The van der Waals surface area contributed by atoms with Crippen molar-refractivity contribution in [1.82, 2.24) is 19.7 Å². The highest BCUT2D eigenvalue weighted by Gasteiger charge is 2.30. The molecular formula is C21H22N4O3. The third-order valence-electron chi connectivity index (χ3n) is 5.17. The fourth-order valence-electron chi connectivity index (χ4n) is 3.77. The number of piperidine rings is 1. The van der Waals surface area contributed by atoms with Crippen LogP contribution in [-0.2, 0) is 0 Å². The number of hydrogen-bond donors (Lipinski definition) is 2. The van der Waals surface area contributed by atoms with E-state index in [4.69, 9.17) is 0 Å². The van der Waals surface area contributed by atoms with Crippen molar-refractivity contribution < 1.29 is 9.90 Å². The van der Waals surface area contributed by atoms with Crippen molar-refractivity contribution in [3.63, 3.8) is 0 Å². The van der Waals surface area contributed by atoms with Crippen molar-refractivity contribution in [2.45, 2.75) is 25.7 Å². The molecule has 1 aliphatic heterocycles. The van der Waals surface area contributed by atoms with E-state index in [1.54, 1.807) is 27.7 Å². The summed E-state index contributed by atoms with van der Waals surface area (Å²) < 4.78 is 1.57. The van der Waals surface area contributed by atoms with Crippen LogP contribution in [0.3, 0.4) is 0 Å². The SMILES string of the molecule is Cc1ccc(O)c(C(=O)N2CCCC(c3n[nH]c(=O)n3-c3ccccc3)C2)c1. The molecule has 2 heterocycles. The summed E-state index contributed by atoms with van der Waals surface area (Å²) in [7, 11) is 0. The molecule has 2 aromatic carbocycles. The molecule has 0 spiro atoms. The summed E-state index contributed by atoms with van der Waals surface area (Å²) in [6.45, 7) is 2.95. The zero-order valence-corrected chi connectivity index (χ0v) is 15.6. The minimum atomic E-state index is -0.291. The van der Waals surface area contributed by atoms with Gasteiger partial charge in [0.1, 0.15) is 11.6 Å². The number of H-pyrrole nitrogens is 1. The quantitative estimate of drug-likeness (QED) is 0.733. The zero-order chi connectivity index (χ0) is 19.7. The lowest BCUT2D eigenvalue weighted by molar-refractivity contribution is 0.0700. The van der Waals surface area contributed by atoms with Gasteiger partial charge in [-0.2, -0.15) is 5.10 Å². The average Bonchev–Trinajstić information content (AvgIpc) is 3.11. The predicted molar refractivity (Wildman–Crippen MR) is 105 cm³/mol. The molecular weight excluding hydrogens is 356 g/mol. The minimum Gasteiger partial charge on any atom is -0.507 e. The van der Waals surface area contributed by atoms with Crippen LogP contribution in [0.25, 0.3) is 5.69 Å². The normalized spacial score (nSPS) is 16.9. The van der Waals surface area contributed by atoms with E-state index in [9.17, 15) is 14.7 Å². The van der Waals surface area contributed by atoms with Gasteiger partial charge in [0.05, 0.1) is 11.3 Å². The van der Waals surface area contributed by atoms with Crippen LogP contribution in [0, 0.1) is 6.92 Å². The van der Waals surface area contributed by atoms with Gasteiger partial charge in [0.25, 0.3) is 5.91 Å². The maximum Gasteiger partial charge on any atom is 0.347 e. The van der Waals surface area contributed by atoms with Crippen molar-refractivity contribution in [2.24, 2.45) is 0 Å². The van der Waals surface area contributed by atoms with Crippen molar-refractivity contribution in [3.8, 4) is 11.4 Å². The van der Waals surface area contributed by atoms with Crippen LogP contribution in [0.15, 0.2) is 53.3 Å². The molecule has 0 saturated carbocycles. The molecule has 1 aliphatic rings. The molecule has 1 saturated heterocycles. The number of aromatic hydroxyl groups is 1. The maximum absolute atomic E-state index is 13.0. The predicted octanol–water partition coefficient (Wildman–Crippen LogP) is 2.59. The number of carbonyl (C=O) groups excluding carboxylic acids is 1. The van der Waals surface area contributed by atoms with E-state index in [2.05, 4.69) is 10.2 Å². The average molecular weight is 378 g/mol. The number of nitrogens with zero attached hydrogens (tertiary/aromatic N) is 3. The number of para-hydroxylation sites is 1. The Hall–Kier alpha value is -3.35. The Morgan fingerprint density at radius 3 is 2.79 bits per heavy atom. The van der Waals surface area contributed by atoms with Gasteiger partial charge in [-0.05, 0) is 44.0 Å².